The van der Waals surface area contributed by atoms with Crippen molar-refractivity contribution in [3.05, 3.63) is 59.7 Å². The second kappa shape index (κ2) is 5.51. The minimum atomic E-state index is -0.530. The lowest BCUT2D eigenvalue weighted by Crippen LogP contribution is -2.09. The fraction of sp³-hybridized carbons (Fsp3) is 0.143. The Hall–Kier alpha value is -1.38. The first-order valence-electron chi connectivity index (χ1n) is 5.57. The third kappa shape index (κ3) is 2.89. The van der Waals surface area contributed by atoms with E-state index < -0.39 is 4.84 Å². The molecule has 2 nitrogen and oxygen atoms in total. The molecule has 0 heterocycles. The summed E-state index contributed by atoms with van der Waals surface area (Å²) in [4.78, 5) is -0.530. The highest BCUT2D eigenvalue weighted by atomic mass is 35.5. The van der Waals surface area contributed by atoms with Crippen molar-refractivity contribution < 1.29 is 0 Å². The first-order chi connectivity index (χ1) is 8.58. The smallest absolute Gasteiger partial charge is 0.118 e. The fourth-order valence-corrected chi connectivity index (χ4v) is 2.47. The molecule has 94 valence electrons. The molecular weight excluding hydrogens is 267 g/mol. The molecule has 2 aromatic carbocycles. The molecule has 0 aromatic heterocycles. The third-order valence-electron chi connectivity index (χ3n) is 2.84. The number of nitrogens with two attached hydrogens (primary N) is 2. The molecule has 0 saturated carbocycles. The van der Waals surface area contributed by atoms with E-state index in [1.54, 1.807) is 0 Å². The number of benzene rings is 2. The monoisotopic (exact) mass is 280 g/mol. The Morgan fingerprint density at radius 1 is 0.667 bits per heavy atom. The van der Waals surface area contributed by atoms with E-state index in [0.717, 1.165) is 22.5 Å². The molecule has 4 heteroatoms. The van der Waals surface area contributed by atoms with Crippen LogP contribution in [0.25, 0.3) is 0 Å². The molecule has 0 fully saturated rings. The molecular formula is C14H14Cl2N2. The Morgan fingerprint density at radius 3 is 1.28 bits per heavy atom. The van der Waals surface area contributed by atoms with Gasteiger partial charge in [0.05, 0.1) is 0 Å². The summed E-state index contributed by atoms with van der Waals surface area (Å²) < 4.78 is 0. The summed E-state index contributed by atoms with van der Waals surface area (Å²) in [5.41, 5.74) is 14.9. The van der Waals surface area contributed by atoms with Crippen molar-refractivity contribution in [3.8, 4) is 0 Å². The molecule has 0 aliphatic rings. The van der Waals surface area contributed by atoms with Crippen LogP contribution in [0.5, 0.6) is 0 Å². The highest BCUT2D eigenvalue weighted by Gasteiger charge is 2.21. The molecule has 2 aromatic rings. The van der Waals surface area contributed by atoms with Crippen LogP contribution >= 0.6 is 23.2 Å². The van der Waals surface area contributed by atoms with Gasteiger partial charge >= 0.3 is 0 Å². The Bertz CT molecular complexity index is 461. The second-order valence-electron chi connectivity index (χ2n) is 4.15. The summed E-state index contributed by atoms with van der Waals surface area (Å²) in [6.45, 7) is 0. The highest BCUT2D eigenvalue weighted by molar-refractivity contribution is 6.45. The van der Waals surface area contributed by atoms with Crippen LogP contribution in [0.1, 0.15) is 17.0 Å². The maximum atomic E-state index is 6.10. The van der Waals surface area contributed by atoms with Gasteiger partial charge in [-0.2, -0.15) is 0 Å². The third-order valence-corrected chi connectivity index (χ3v) is 3.35. The predicted molar refractivity (Wildman–Crippen MR) is 79.0 cm³/mol. The van der Waals surface area contributed by atoms with E-state index in [4.69, 9.17) is 34.7 Å². The lowest BCUT2D eigenvalue weighted by Gasteiger charge is -2.19. The van der Waals surface area contributed by atoms with Crippen molar-refractivity contribution in [2.24, 2.45) is 0 Å². The molecule has 0 spiro atoms. The van der Waals surface area contributed by atoms with Crippen molar-refractivity contribution in [2.45, 2.75) is 10.8 Å². The Kier molecular flexibility index (Phi) is 4.00. The van der Waals surface area contributed by atoms with Gasteiger partial charge in [-0.25, -0.2) is 0 Å². The molecule has 0 unspecified atom stereocenters. The SMILES string of the molecule is Nc1ccc(C(c2ccc(N)cc2)C(Cl)Cl)cc1. The average molecular weight is 281 g/mol. The summed E-state index contributed by atoms with van der Waals surface area (Å²) >= 11 is 12.2. The Labute approximate surface area is 117 Å². The normalized spacial score (nSPS) is 11.1. The standard InChI is InChI=1S/C14H14Cl2N2/c15-14(16)13(9-1-5-11(17)6-2-9)10-3-7-12(18)8-4-10/h1-8,13-14H,17-18H2. The van der Waals surface area contributed by atoms with E-state index in [0.29, 0.717) is 0 Å². The van der Waals surface area contributed by atoms with Gasteiger partial charge < -0.3 is 11.5 Å². The van der Waals surface area contributed by atoms with Crippen molar-refractivity contribution in [3.63, 3.8) is 0 Å². The number of alkyl halides is 2. The van der Waals surface area contributed by atoms with Crippen LogP contribution in [0.15, 0.2) is 48.5 Å². The van der Waals surface area contributed by atoms with Gasteiger partial charge in [0.2, 0.25) is 0 Å². The summed E-state index contributed by atoms with van der Waals surface area (Å²) in [6.07, 6.45) is 0. The van der Waals surface area contributed by atoms with Gasteiger partial charge in [0, 0.05) is 17.3 Å². The average Bonchev–Trinajstić information content (AvgIpc) is 2.34. The first kappa shape index (κ1) is 13.1. The van der Waals surface area contributed by atoms with E-state index in [9.17, 15) is 0 Å². The number of halogens is 2. The number of hydrogen-bond donors (Lipinski definition) is 2. The summed E-state index contributed by atoms with van der Waals surface area (Å²) in [5, 5.41) is 0. The zero-order valence-corrected chi connectivity index (χ0v) is 11.2. The van der Waals surface area contributed by atoms with Crippen LogP contribution in [-0.2, 0) is 0 Å². The van der Waals surface area contributed by atoms with Gasteiger partial charge in [-0.05, 0) is 35.4 Å². The maximum absolute atomic E-state index is 6.10. The predicted octanol–water partition coefficient (Wildman–Crippen LogP) is 3.79. The van der Waals surface area contributed by atoms with Gasteiger partial charge in [-0.15, -0.1) is 23.2 Å². The molecule has 0 aliphatic carbocycles. The Balaban J connectivity index is 2.39. The molecule has 4 N–H and O–H groups in total. The quantitative estimate of drug-likeness (QED) is 0.664. The zero-order valence-electron chi connectivity index (χ0n) is 9.68. The molecule has 18 heavy (non-hydrogen) atoms. The second-order valence-corrected chi connectivity index (χ2v) is 5.31. The van der Waals surface area contributed by atoms with Crippen LogP contribution in [0.2, 0.25) is 0 Å². The molecule has 0 saturated heterocycles. The zero-order chi connectivity index (χ0) is 13.1. The van der Waals surface area contributed by atoms with Gasteiger partial charge in [0.15, 0.2) is 0 Å². The summed E-state index contributed by atoms with van der Waals surface area (Å²) in [6, 6.07) is 15.1. The topological polar surface area (TPSA) is 52.0 Å². The van der Waals surface area contributed by atoms with Crippen LogP contribution in [0, 0.1) is 0 Å². The van der Waals surface area contributed by atoms with Crippen molar-refractivity contribution >= 4 is 34.6 Å². The minimum Gasteiger partial charge on any atom is -0.399 e. The summed E-state index contributed by atoms with van der Waals surface area (Å²) in [7, 11) is 0. The minimum absolute atomic E-state index is 0.0884. The molecule has 0 amide bonds. The van der Waals surface area contributed by atoms with Crippen molar-refractivity contribution in [2.75, 3.05) is 11.5 Å². The largest absolute Gasteiger partial charge is 0.399 e. The number of rotatable bonds is 3. The number of hydrogen-bond acceptors (Lipinski definition) is 2. The van der Waals surface area contributed by atoms with Gasteiger partial charge in [0.25, 0.3) is 0 Å². The first-order valence-corrected chi connectivity index (χ1v) is 6.44. The highest BCUT2D eigenvalue weighted by Crippen LogP contribution is 2.34. The Morgan fingerprint density at radius 2 is 1.00 bits per heavy atom. The molecule has 0 atom stereocenters. The molecule has 0 radical (unpaired) electrons. The summed E-state index contributed by atoms with van der Waals surface area (Å²) in [5.74, 6) is -0.0884. The van der Waals surface area contributed by atoms with E-state index in [-0.39, 0.29) is 5.92 Å². The van der Waals surface area contributed by atoms with Crippen molar-refractivity contribution in [1.82, 2.24) is 0 Å². The van der Waals surface area contributed by atoms with Gasteiger partial charge in [0.1, 0.15) is 4.84 Å². The number of nitrogen functional groups attached to an aromatic ring is 2. The molecule has 0 aliphatic heterocycles. The lowest BCUT2D eigenvalue weighted by molar-refractivity contribution is 0.887. The fourth-order valence-electron chi connectivity index (χ4n) is 1.89. The van der Waals surface area contributed by atoms with E-state index in [2.05, 4.69) is 0 Å². The molecule has 2 rings (SSSR count). The van der Waals surface area contributed by atoms with Gasteiger partial charge in [-0.1, -0.05) is 24.3 Å². The van der Waals surface area contributed by atoms with E-state index >= 15 is 0 Å². The van der Waals surface area contributed by atoms with Gasteiger partial charge in [-0.3, -0.25) is 0 Å². The van der Waals surface area contributed by atoms with E-state index in [1.165, 1.54) is 0 Å². The van der Waals surface area contributed by atoms with Crippen LogP contribution in [0.4, 0.5) is 11.4 Å². The van der Waals surface area contributed by atoms with Crippen LogP contribution < -0.4 is 11.5 Å². The maximum Gasteiger partial charge on any atom is 0.118 e. The van der Waals surface area contributed by atoms with E-state index in [1.807, 2.05) is 48.5 Å². The lowest BCUT2D eigenvalue weighted by atomic mass is 9.92. The van der Waals surface area contributed by atoms with Crippen molar-refractivity contribution in [1.29, 1.82) is 0 Å². The van der Waals surface area contributed by atoms with Crippen LogP contribution in [0.3, 0.4) is 0 Å². The molecule has 0 bridgehead atoms. The number of anilines is 2. The van der Waals surface area contributed by atoms with Crippen LogP contribution in [-0.4, -0.2) is 4.84 Å².